The molecule has 3 rings (SSSR count). The lowest BCUT2D eigenvalue weighted by Crippen LogP contribution is -2.32. The Morgan fingerprint density at radius 2 is 2.24 bits per heavy atom. The van der Waals surface area contributed by atoms with Gasteiger partial charge in [0.15, 0.2) is 0 Å². The normalized spacial score (nSPS) is 24.4. The van der Waals surface area contributed by atoms with Crippen LogP contribution in [0.4, 0.5) is 0 Å². The zero-order chi connectivity index (χ0) is 11.8. The van der Waals surface area contributed by atoms with Crippen molar-refractivity contribution in [3.05, 3.63) is 35.4 Å². The van der Waals surface area contributed by atoms with E-state index in [1.54, 1.807) is 0 Å². The van der Waals surface area contributed by atoms with E-state index in [9.17, 15) is 4.79 Å². The summed E-state index contributed by atoms with van der Waals surface area (Å²) in [6, 6.07) is 8.41. The van der Waals surface area contributed by atoms with Crippen molar-refractivity contribution in [3.8, 4) is 0 Å². The monoisotopic (exact) mass is 230 g/mol. The van der Waals surface area contributed by atoms with E-state index in [-0.39, 0.29) is 12.1 Å². The van der Waals surface area contributed by atoms with Crippen LogP contribution in [-0.4, -0.2) is 23.9 Å². The molecule has 1 saturated heterocycles. The molecule has 17 heavy (non-hydrogen) atoms. The predicted octanol–water partition coefficient (Wildman–Crippen LogP) is 1.84. The third kappa shape index (κ3) is 2.20. The average Bonchev–Trinajstić information content (AvgIpc) is 3.04. The van der Waals surface area contributed by atoms with Crippen molar-refractivity contribution in [1.29, 1.82) is 0 Å². The van der Waals surface area contributed by atoms with Crippen molar-refractivity contribution >= 4 is 5.91 Å². The molecule has 2 aliphatic rings. The molecule has 1 amide bonds. The van der Waals surface area contributed by atoms with E-state index in [0.29, 0.717) is 6.54 Å². The molecule has 0 bridgehead atoms. The van der Waals surface area contributed by atoms with E-state index in [1.807, 2.05) is 4.90 Å². The molecule has 0 aromatic heterocycles. The number of amides is 1. The van der Waals surface area contributed by atoms with E-state index in [4.69, 9.17) is 0 Å². The lowest BCUT2D eigenvalue weighted by molar-refractivity contribution is -0.128. The fourth-order valence-corrected chi connectivity index (χ4v) is 2.46. The van der Waals surface area contributed by atoms with Gasteiger partial charge in [-0.25, -0.2) is 0 Å². The van der Waals surface area contributed by atoms with Crippen molar-refractivity contribution in [2.75, 3.05) is 13.1 Å². The van der Waals surface area contributed by atoms with Crippen LogP contribution in [0.25, 0.3) is 0 Å². The first kappa shape index (κ1) is 10.8. The smallest absolute Gasteiger partial charge is 0.238 e. The van der Waals surface area contributed by atoms with E-state index in [0.717, 1.165) is 12.5 Å². The van der Waals surface area contributed by atoms with Crippen LogP contribution in [0.3, 0.4) is 0 Å². The molecular formula is C14H18N2O. The summed E-state index contributed by atoms with van der Waals surface area (Å²) in [5, 5.41) is 3.31. The van der Waals surface area contributed by atoms with Crippen LogP contribution in [-0.2, 0) is 4.79 Å². The third-order valence-corrected chi connectivity index (χ3v) is 3.59. The fraction of sp³-hybridized carbons (Fsp3) is 0.500. The maximum absolute atomic E-state index is 11.9. The number of hydrogen-bond donors (Lipinski definition) is 1. The zero-order valence-corrected chi connectivity index (χ0v) is 10.1. The van der Waals surface area contributed by atoms with Crippen molar-refractivity contribution in [2.45, 2.75) is 25.9 Å². The molecular weight excluding hydrogens is 212 g/mol. The van der Waals surface area contributed by atoms with Gasteiger partial charge in [0.25, 0.3) is 0 Å². The van der Waals surface area contributed by atoms with Gasteiger partial charge in [-0.1, -0.05) is 29.8 Å². The highest BCUT2D eigenvalue weighted by Gasteiger charge is 2.35. The van der Waals surface area contributed by atoms with Crippen molar-refractivity contribution in [2.24, 2.45) is 5.92 Å². The Morgan fingerprint density at radius 1 is 1.41 bits per heavy atom. The number of carbonyl (C=O) groups excluding carboxylic acids is 1. The second-order valence-corrected chi connectivity index (χ2v) is 5.19. The minimum atomic E-state index is 0.0861. The summed E-state index contributed by atoms with van der Waals surface area (Å²) < 4.78 is 0. The van der Waals surface area contributed by atoms with Gasteiger partial charge >= 0.3 is 0 Å². The SMILES string of the molecule is Cc1cccc(C2NCC(=O)N2CC2CC2)c1. The molecule has 1 saturated carbocycles. The molecule has 3 heteroatoms. The summed E-state index contributed by atoms with van der Waals surface area (Å²) in [5.41, 5.74) is 2.45. The molecule has 1 heterocycles. The molecule has 3 nitrogen and oxygen atoms in total. The second kappa shape index (κ2) is 4.15. The number of nitrogens with one attached hydrogen (secondary N) is 1. The molecule has 0 spiro atoms. The van der Waals surface area contributed by atoms with Gasteiger partial charge < -0.3 is 4.90 Å². The van der Waals surface area contributed by atoms with E-state index >= 15 is 0 Å². The quantitative estimate of drug-likeness (QED) is 0.859. The lowest BCUT2D eigenvalue weighted by Gasteiger charge is -2.24. The van der Waals surface area contributed by atoms with Crippen LogP contribution in [0, 0.1) is 12.8 Å². The number of benzene rings is 1. The van der Waals surface area contributed by atoms with Gasteiger partial charge in [0, 0.05) is 6.54 Å². The highest BCUT2D eigenvalue weighted by Crippen LogP contribution is 2.33. The molecule has 90 valence electrons. The largest absolute Gasteiger partial charge is 0.322 e. The predicted molar refractivity (Wildman–Crippen MR) is 66.4 cm³/mol. The first-order chi connectivity index (χ1) is 8.24. The van der Waals surface area contributed by atoms with E-state index < -0.39 is 0 Å². The average molecular weight is 230 g/mol. The van der Waals surface area contributed by atoms with Crippen LogP contribution >= 0.6 is 0 Å². The highest BCUT2D eigenvalue weighted by atomic mass is 16.2. The van der Waals surface area contributed by atoms with Crippen LogP contribution in [0.1, 0.15) is 30.1 Å². The summed E-state index contributed by atoms with van der Waals surface area (Å²) >= 11 is 0. The molecule has 1 aromatic carbocycles. The molecule has 1 aromatic rings. The van der Waals surface area contributed by atoms with Crippen LogP contribution in [0.2, 0.25) is 0 Å². The van der Waals surface area contributed by atoms with Gasteiger partial charge in [-0.3, -0.25) is 10.1 Å². The summed E-state index contributed by atoms with van der Waals surface area (Å²) in [7, 11) is 0. The van der Waals surface area contributed by atoms with Gasteiger partial charge in [-0.05, 0) is 31.2 Å². The van der Waals surface area contributed by atoms with Crippen molar-refractivity contribution < 1.29 is 4.79 Å². The maximum atomic E-state index is 11.9. The highest BCUT2D eigenvalue weighted by molar-refractivity contribution is 5.81. The number of rotatable bonds is 3. The zero-order valence-electron chi connectivity index (χ0n) is 10.1. The number of nitrogens with zero attached hydrogens (tertiary/aromatic N) is 1. The standard InChI is InChI=1S/C14H18N2O/c1-10-3-2-4-12(7-10)14-15-8-13(17)16(14)9-11-5-6-11/h2-4,7,11,14-15H,5-6,8-9H2,1H3. The third-order valence-electron chi connectivity index (χ3n) is 3.59. The van der Waals surface area contributed by atoms with Crippen LogP contribution < -0.4 is 5.32 Å². The topological polar surface area (TPSA) is 32.3 Å². The Bertz CT molecular complexity index is 440. The van der Waals surface area contributed by atoms with Crippen molar-refractivity contribution in [1.82, 2.24) is 10.2 Å². The Morgan fingerprint density at radius 3 is 2.94 bits per heavy atom. The summed E-state index contributed by atoms with van der Waals surface area (Å²) in [4.78, 5) is 13.9. The molecule has 1 aliphatic heterocycles. The Balaban J connectivity index is 1.82. The molecule has 0 radical (unpaired) electrons. The molecule has 1 N–H and O–H groups in total. The first-order valence-corrected chi connectivity index (χ1v) is 6.33. The van der Waals surface area contributed by atoms with E-state index in [2.05, 4.69) is 36.5 Å². The van der Waals surface area contributed by atoms with Gasteiger partial charge in [0.1, 0.15) is 6.17 Å². The minimum absolute atomic E-state index is 0.0861. The Hall–Kier alpha value is -1.35. The maximum Gasteiger partial charge on any atom is 0.238 e. The first-order valence-electron chi connectivity index (χ1n) is 6.33. The second-order valence-electron chi connectivity index (χ2n) is 5.19. The number of aryl methyl sites for hydroxylation is 1. The number of hydrogen-bond acceptors (Lipinski definition) is 2. The molecule has 1 aliphatic carbocycles. The molecule has 2 fully saturated rings. The number of carbonyl (C=O) groups is 1. The lowest BCUT2D eigenvalue weighted by atomic mass is 10.1. The Labute approximate surface area is 102 Å². The Kier molecular flexibility index (Phi) is 2.63. The van der Waals surface area contributed by atoms with Gasteiger partial charge in [0.05, 0.1) is 6.54 Å². The fourth-order valence-electron chi connectivity index (χ4n) is 2.46. The summed E-state index contributed by atoms with van der Waals surface area (Å²) in [6.07, 6.45) is 2.65. The van der Waals surface area contributed by atoms with Crippen LogP contribution in [0.15, 0.2) is 24.3 Å². The van der Waals surface area contributed by atoms with Crippen molar-refractivity contribution in [3.63, 3.8) is 0 Å². The summed E-state index contributed by atoms with van der Waals surface area (Å²) in [5.74, 6) is 0.981. The molecule has 1 unspecified atom stereocenters. The minimum Gasteiger partial charge on any atom is -0.322 e. The van der Waals surface area contributed by atoms with Gasteiger partial charge in [-0.15, -0.1) is 0 Å². The van der Waals surface area contributed by atoms with Gasteiger partial charge in [0.2, 0.25) is 5.91 Å². The molecule has 1 atom stereocenters. The summed E-state index contributed by atoms with van der Waals surface area (Å²) in [6.45, 7) is 3.49. The van der Waals surface area contributed by atoms with E-state index in [1.165, 1.54) is 24.0 Å². The van der Waals surface area contributed by atoms with Crippen LogP contribution in [0.5, 0.6) is 0 Å². The van der Waals surface area contributed by atoms with Gasteiger partial charge in [-0.2, -0.15) is 0 Å².